The van der Waals surface area contributed by atoms with Gasteiger partial charge in [0.25, 0.3) is 0 Å². The Balaban J connectivity index is 1.37. The molecule has 3 atom stereocenters. The molecule has 180 valence electrons. The number of nitrogens with one attached hydrogen (secondary N) is 2. The first-order valence-electron chi connectivity index (χ1n) is 12.0. The number of carboxylic acid groups (broad SMARTS) is 1. The van der Waals surface area contributed by atoms with Gasteiger partial charge in [0.2, 0.25) is 5.91 Å². The van der Waals surface area contributed by atoms with E-state index in [1.165, 1.54) is 0 Å². The van der Waals surface area contributed by atoms with Gasteiger partial charge in [-0.1, -0.05) is 68.3 Å². The van der Waals surface area contributed by atoms with Crippen LogP contribution < -0.4 is 10.6 Å². The van der Waals surface area contributed by atoms with Crippen LogP contribution in [0.4, 0.5) is 4.79 Å². The molecule has 1 fully saturated rings. The van der Waals surface area contributed by atoms with Gasteiger partial charge in [-0.3, -0.25) is 9.59 Å². The zero-order chi connectivity index (χ0) is 24.1. The number of hydrogen-bond donors (Lipinski definition) is 3. The molecule has 3 unspecified atom stereocenters. The third-order valence-corrected chi connectivity index (χ3v) is 7.18. The van der Waals surface area contributed by atoms with Crippen molar-refractivity contribution < 1.29 is 24.2 Å². The van der Waals surface area contributed by atoms with Crippen LogP contribution in [0, 0.1) is 11.8 Å². The summed E-state index contributed by atoms with van der Waals surface area (Å²) < 4.78 is 5.54. The van der Waals surface area contributed by atoms with E-state index in [0.717, 1.165) is 41.5 Å². The minimum absolute atomic E-state index is 0.00554. The summed E-state index contributed by atoms with van der Waals surface area (Å²) in [6, 6.07) is 15.2. The Morgan fingerprint density at radius 1 is 1.03 bits per heavy atom. The minimum Gasteiger partial charge on any atom is -0.481 e. The molecule has 0 bridgehead atoms. The number of carbonyl (C=O) groups excluding carboxylic acids is 2. The van der Waals surface area contributed by atoms with E-state index in [1.807, 2.05) is 36.4 Å². The van der Waals surface area contributed by atoms with Crippen LogP contribution in [0.1, 0.15) is 56.1 Å². The Hall–Kier alpha value is -3.35. The summed E-state index contributed by atoms with van der Waals surface area (Å²) in [6.07, 6.45) is 2.44. The molecule has 0 spiro atoms. The van der Waals surface area contributed by atoms with Gasteiger partial charge < -0.3 is 20.5 Å². The first-order chi connectivity index (χ1) is 16.4. The van der Waals surface area contributed by atoms with Crippen molar-refractivity contribution in [2.75, 3.05) is 13.2 Å². The molecule has 34 heavy (non-hydrogen) atoms. The number of aliphatic carboxylic acids is 1. The van der Waals surface area contributed by atoms with Gasteiger partial charge in [-0.05, 0) is 46.9 Å². The van der Waals surface area contributed by atoms with Crippen LogP contribution in [-0.4, -0.2) is 42.3 Å². The number of carboxylic acids is 1. The van der Waals surface area contributed by atoms with Crippen molar-refractivity contribution in [3.63, 3.8) is 0 Å². The zero-order valence-corrected chi connectivity index (χ0v) is 19.5. The average molecular weight is 465 g/mol. The predicted octanol–water partition coefficient (Wildman–Crippen LogP) is 4.31. The highest BCUT2D eigenvalue weighted by atomic mass is 16.5. The topological polar surface area (TPSA) is 105 Å². The smallest absolute Gasteiger partial charge is 0.407 e. The lowest BCUT2D eigenvalue weighted by Gasteiger charge is -2.21. The van der Waals surface area contributed by atoms with E-state index in [-0.39, 0.29) is 31.3 Å². The SMILES string of the molecule is CC1CCCC1CNC(=O)C(CCC(=O)O)NC(=O)OCC1c2ccccc2-c2ccccc21. The molecule has 2 aliphatic rings. The van der Waals surface area contributed by atoms with Crippen molar-refractivity contribution in [2.24, 2.45) is 11.8 Å². The first kappa shape index (κ1) is 23.8. The van der Waals surface area contributed by atoms with Gasteiger partial charge in [-0.15, -0.1) is 0 Å². The van der Waals surface area contributed by atoms with Crippen LogP contribution in [0.15, 0.2) is 48.5 Å². The lowest BCUT2D eigenvalue weighted by atomic mass is 9.98. The van der Waals surface area contributed by atoms with E-state index in [4.69, 9.17) is 9.84 Å². The molecule has 2 amide bonds. The van der Waals surface area contributed by atoms with Gasteiger partial charge in [0.05, 0.1) is 0 Å². The Kier molecular flexibility index (Phi) is 7.50. The third-order valence-electron chi connectivity index (χ3n) is 7.18. The van der Waals surface area contributed by atoms with Crippen molar-refractivity contribution in [3.8, 4) is 11.1 Å². The summed E-state index contributed by atoms with van der Waals surface area (Å²) in [5.74, 6) is -0.509. The normalized spacial score (nSPS) is 19.7. The fourth-order valence-corrected chi connectivity index (χ4v) is 5.20. The maximum atomic E-state index is 12.8. The molecule has 3 N–H and O–H groups in total. The summed E-state index contributed by atoms with van der Waals surface area (Å²) in [7, 11) is 0. The van der Waals surface area contributed by atoms with E-state index >= 15 is 0 Å². The Morgan fingerprint density at radius 3 is 2.26 bits per heavy atom. The zero-order valence-electron chi connectivity index (χ0n) is 19.5. The number of hydrogen-bond acceptors (Lipinski definition) is 4. The van der Waals surface area contributed by atoms with Crippen molar-refractivity contribution in [2.45, 2.75) is 51.0 Å². The lowest BCUT2D eigenvalue weighted by Crippen LogP contribution is -2.48. The molecule has 7 nitrogen and oxygen atoms in total. The highest BCUT2D eigenvalue weighted by Gasteiger charge is 2.30. The van der Waals surface area contributed by atoms with Crippen LogP contribution in [0.5, 0.6) is 0 Å². The second kappa shape index (κ2) is 10.7. The lowest BCUT2D eigenvalue weighted by molar-refractivity contribution is -0.137. The van der Waals surface area contributed by atoms with Crippen LogP contribution >= 0.6 is 0 Å². The van der Waals surface area contributed by atoms with Crippen molar-refractivity contribution in [3.05, 3.63) is 59.7 Å². The molecular weight excluding hydrogens is 432 g/mol. The molecule has 2 aromatic rings. The summed E-state index contributed by atoms with van der Waals surface area (Å²) in [5.41, 5.74) is 4.46. The van der Waals surface area contributed by atoms with Gasteiger partial charge >= 0.3 is 12.1 Å². The molecule has 0 radical (unpaired) electrons. The Morgan fingerprint density at radius 2 is 1.68 bits per heavy atom. The Labute approximate surface area is 199 Å². The maximum Gasteiger partial charge on any atom is 0.407 e. The van der Waals surface area contributed by atoms with Crippen LogP contribution in [0.2, 0.25) is 0 Å². The predicted molar refractivity (Wildman–Crippen MR) is 128 cm³/mol. The fraction of sp³-hybridized carbons (Fsp3) is 0.444. The number of amides is 2. The van der Waals surface area contributed by atoms with Gasteiger partial charge in [0.1, 0.15) is 12.6 Å². The molecule has 7 heteroatoms. The largest absolute Gasteiger partial charge is 0.481 e. The number of ether oxygens (including phenoxy) is 1. The molecule has 2 aromatic carbocycles. The molecule has 0 aliphatic heterocycles. The minimum atomic E-state index is -1.02. The highest BCUT2D eigenvalue weighted by molar-refractivity contribution is 5.86. The number of benzene rings is 2. The molecule has 1 saturated carbocycles. The molecule has 0 saturated heterocycles. The van der Waals surface area contributed by atoms with E-state index in [2.05, 4.69) is 29.7 Å². The molecule has 0 aromatic heterocycles. The van der Waals surface area contributed by atoms with Crippen LogP contribution in [0.25, 0.3) is 11.1 Å². The number of carbonyl (C=O) groups is 3. The molecule has 4 rings (SSSR count). The second-order valence-electron chi connectivity index (χ2n) is 9.37. The van der Waals surface area contributed by atoms with Gasteiger partial charge in [-0.25, -0.2) is 4.79 Å². The van der Waals surface area contributed by atoms with Gasteiger partial charge in [0, 0.05) is 18.9 Å². The first-order valence-corrected chi connectivity index (χ1v) is 12.0. The van der Waals surface area contributed by atoms with Crippen molar-refractivity contribution >= 4 is 18.0 Å². The quantitative estimate of drug-likeness (QED) is 0.513. The van der Waals surface area contributed by atoms with Gasteiger partial charge in [0.15, 0.2) is 0 Å². The standard InChI is InChI=1S/C27H32N2O5/c1-17-7-6-8-18(17)15-28-26(32)24(13-14-25(30)31)29-27(33)34-16-23-21-11-4-2-9-19(21)20-10-3-5-12-22(20)23/h2-5,9-12,17-18,23-24H,6-8,13-16H2,1H3,(H,28,32)(H,29,33)(H,30,31). The number of alkyl carbamates (subject to hydrolysis) is 1. The molecular formula is C27H32N2O5. The van der Waals surface area contributed by atoms with Crippen LogP contribution in [0.3, 0.4) is 0 Å². The highest BCUT2D eigenvalue weighted by Crippen LogP contribution is 2.44. The Bertz CT molecular complexity index is 1010. The fourth-order valence-electron chi connectivity index (χ4n) is 5.20. The van der Waals surface area contributed by atoms with Crippen molar-refractivity contribution in [1.82, 2.24) is 10.6 Å². The monoisotopic (exact) mass is 464 g/mol. The average Bonchev–Trinajstić information content (AvgIpc) is 3.39. The molecule has 2 aliphatic carbocycles. The van der Waals surface area contributed by atoms with Crippen LogP contribution in [-0.2, 0) is 14.3 Å². The van der Waals surface area contributed by atoms with Crippen molar-refractivity contribution in [1.29, 1.82) is 0 Å². The third kappa shape index (κ3) is 5.41. The van der Waals surface area contributed by atoms with E-state index in [0.29, 0.717) is 18.4 Å². The summed E-state index contributed by atoms with van der Waals surface area (Å²) in [6.45, 7) is 2.85. The second-order valence-corrected chi connectivity index (χ2v) is 9.37. The number of fused-ring (bicyclic) bond motifs is 3. The summed E-state index contributed by atoms with van der Waals surface area (Å²) in [5, 5.41) is 14.6. The van der Waals surface area contributed by atoms with Gasteiger partial charge in [-0.2, -0.15) is 0 Å². The van der Waals surface area contributed by atoms with E-state index in [1.54, 1.807) is 0 Å². The summed E-state index contributed by atoms with van der Waals surface area (Å²) >= 11 is 0. The number of rotatable bonds is 9. The van der Waals surface area contributed by atoms with E-state index < -0.39 is 18.1 Å². The van der Waals surface area contributed by atoms with E-state index in [9.17, 15) is 14.4 Å². The maximum absolute atomic E-state index is 12.8. The molecule has 0 heterocycles. The summed E-state index contributed by atoms with van der Waals surface area (Å²) in [4.78, 5) is 36.5.